The number of hydrogen-bond donors (Lipinski definition) is 1. The number of benzene rings is 2. The van der Waals surface area contributed by atoms with Crippen LogP contribution in [-0.4, -0.2) is 14.2 Å². The molecule has 0 bridgehead atoms. The predicted molar refractivity (Wildman–Crippen MR) is 104 cm³/mol. The summed E-state index contributed by atoms with van der Waals surface area (Å²) in [6.45, 7) is 2.18. The van der Waals surface area contributed by atoms with Gasteiger partial charge in [-0.3, -0.25) is 4.79 Å². The summed E-state index contributed by atoms with van der Waals surface area (Å²) in [7, 11) is -3.57. The quantitative estimate of drug-likeness (QED) is 0.625. The number of hydrogen-bond acceptors (Lipinski definition) is 4. The van der Waals surface area contributed by atoms with Gasteiger partial charge in [-0.25, -0.2) is 13.1 Å². The number of rotatable bonds is 7. The average molecular weight is 386 g/mol. The van der Waals surface area contributed by atoms with Gasteiger partial charge in [-0.15, -0.1) is 11.3 Å². The molecule has 26 heavy (non-hydrogen) atoms. The van der Waals surface area contributed by atoms with E-state index in [0.717, 1.165) is 16.9 Å². The van der Waals surface area contributed by atoms with Gasteiger partial charge in [0.1, 0.15) is 0 Å². The van der Waals surface area contributed by atoms with Gasteiger partial charge < -0.3 is 0 Å². The minimum Gasteiger partial charge on any atom is -0.288 e. The lowest BCUT2D eigenvalue weighted by atomic mass is 10.1. The maximum atomic E-state index is 12.4. The third-order valence-electron chi connectivity index (χ3n) is 4.00. The number of nitrogens with one attached hydrogen (secondary N) is 1. The number of sulfonamides is 1. The zero-order chi connectivity index (χ0) is 18.6. The molecule has 1 aromatic heterocycles. The summed E-state index contributed by atoms with van der Waals surface area (Å²) < 4.78 is 27.4. The first-order valence-electron chi connectivity index (χ1n) is 8.26. The van der Waals surface area contributed by atoms with Gasteiger partial charge >= 0.3 is 0 Å². The molecule has 0 aliphatic carbocycles. The van der Waals surface area contributed by atoms with E-state index in [2.05, 4.69) is 4.72 Å². The second-order valence-electron chi connectivity index (χ2n) is 5.78. The number of carbonyl (C=O) groups is 1. The Morgan fingerprint density at radius 2 is 1.65 bits per heavy atom. The van der Waals surface area contributed by atoms with Crippen molar-refractivity contribution >= 4 is 27.1 Å². The molecule has 6 heteroatoms. The van der Waals surface area contributed by atoms with Crippen LogP contribution < -0.4 is 4.72 Å². The van der Waals surface area contributed by atoms with E-state index in [1.807, 2.05) is 37.3 Å². The fourth-order valence-electron chi connectivity index (χ4n) is 2.48. The normalized spacial score (nSPS) is 11.4. The van der Waals surface area contributed by atoms with Crippen LogP contribution in [0.4, 0.5) is 0 Å². The molecule has 0 saturated heterocycles. The Morgan fingerprint density at radius 1 is 0.962 bits per heavy atom. The van der Waals surface area contributed by atoms with Gasteiger partial charge in [0, 0.05) is 17.0 Å². The molecule has 0 spiro atoms. The van der Waals surface area contributed by atoms with E-state index in [1.165, 1.54) is 11.3 Å². The molecule has 1 heterocycles. The Hall–Kier alpha value is -2.28. The summed E-state index contributed by atoms with van der Waals surface area (Å²) in [5.41, 5.74) is 1.71. The number of thiophene rings is 1. The molecule has 1 N–H and O–H groups in total. The van der Waals surface area contributed by atoms with Crippen LogP contribution in [0.2, 0.25) is 0 Å². The molecule has 134 valence electrons. The van der Waals surface area contributed by atoms with Crippen LogP contribution >= 0.6 is 11.3 Å². The summed E-state index contributed by atoms with van der Waals surface area (Å²) in [5.74, 6) is -0.0557. The van der Waals surface area contributed by atoms with Crippen molar-refractivity contribution in [2.24, 2.45) is 0 Å². The minimum atomic E-state index is -3.57. The molecule has 3 rings (SSSR count). The number of ketones is 1. The van der Waals surface area contributed by atoms with Gasteiger partial charge in [0.25, 0.3) is 0 Å². The maximum Gasteiger partial charge on any atom is 0.240 e. The summed E-state index contributed by atoms with van der Waals surface area (Å²) in [5, 5.41) is 0. The Labute approximate surface area is 157 Å². The number of carbonyl (C=O) groups excluding carboxylic acids is 1. The zero-order valence-corrected chi connectivity index (χ0v) is 15.9. The first-order chi connectivity index (χ1) is 12.5. The average Bonchev–Trinajstić information content (AvgIpc) is 3.16. The Morgan fingerprint density at radius 3 is 2.31 bits per heavy atom. The van der Waals surface area contributed by atoms with Gasteiger partial charge in [0.05, 0.1) is 9.77 Å². The van der Waals surface area contributed by atoms with Gasteiger partial charge in [-0.05, 0) is 36.2 Å². The van der Waals surface area contributed by atoms with Crippen molar-refractivity contribution in [1.82, 2.24) is 4.72 Å². The summed E-state index contributed by atoms with van der Waals surface area (Å²) >= 11 is 1.30. The molecule has 0 fully saturated rings. The van der Waals surface area contributed by atoms with Gasteiger partial charge in [-0.2, -0.15) is 0 Å². The first-order valence-corrected chi connectivity index (χ1v) is 10.6. The molecular weight excluding hydrogens is 366 g/mol. The van der Waals surface area contributed by atoms with E-state index in [0.29, 0.717) is 10.4 Å². The molecule has 0 unspecified atom stereocenters. The van der Waals surface area contributed by atoms with Crippen molar-refractivity contribution in [3.05, 3.63) is 87.6 Å². The van der Waals surface area contributed by atoms with Crippen LogP contribution in [-0.2, 0) is 23.0 Å². The Kier molecular flexibility index (Phi) is 5.66. The van der Waals surface area contributed by atoms with Crippen molar-refractivity contribution in [2.75, 3.05) is 0 Å². The molecule has 4 nitrogen and oxygen atoms in total. The monoisotopic (exact) mass is 385 g/mol. The highest BCUT2D eigenvalue weighted by Gasteiger charge is 2.16. The van der Waals surface area contributed by atoms with Crippen molar-refractivity contribution in [2.45, 2.75) is 24.8 Å². The van der Waals surface area contributed by atoms with Gasteiger partial charge in [0.2, 0.25) is 15.8 Å². The highest BCUT2D eigenvalue weighted by molar-refractivity contribution is 7.89. The van der Waals surface area contributed by atoms with Crippen molar-refractivity contribution < 1.29 is 13.2 Å². The van der Waals surface area contributed by atoms with Crippen LogP contribution in [0.1, 0.15) is 32.6 Å². The van der Waals surface area contributed by atoms with Crippen molar-refractivity contribution in [3.8, 4) is 0 Å². The van der Waals surface area contributed by atoms with E-state index in [-0.39, 0.29) is 17.2 Å². The SMILES string of the molecule is CCc1ccc(S(=O)(=O)NCc2ccc(C(=O)c3ccccc3)s2)cc1. The van der Waals surface area contributed by atoms with E-state index in [9.17, 15) is 13.2 Å². The lowest BCUT2D eigenvalue weighted by molar-refractivity contribution is 0.104. The lowest BCUT2D eigenvalue weighted by Crippen LogP contribution is -2.22. The fraction of sp³-hybridized carbons (Fsp3) is 0.150. The lowest BCUT2D eigenvalue weighted by Gasteiger charge is -2.06. The largest absolute Gasteiger partial charge is 0.288 e. The third-order valence-corrected chi connectivity index (χ3v) is 6.50. The van der Waals surface area contributed by atoms with Crippen LogP contribution in [0.25, 0.3) is 0 Å². The number of aryl methyl sites for hydroxylation is 1. The minimum absolute atomic E-state index is 0.0557. The summed E-state index contributed by atoms with van der Waals surface area (Å²) in [4.78, 5) is 14.0. The maximum absolute atomic E-state index is 12.4. The molecule has 0 aliphatic heterocycles. The predicted octanol–water partition coefficient (Wildman–Crippen LogP) is 4.02. The van der Waals surface area contributed by atoms with Crippen molar-refractivity contribution in [3.63, 3.8) is 0 Å². The molecule has 0 aliphatic rings. The first kappa shape index (κ1) is 18.5. The highest BCUT2D eigenvalue weighted by Crippen LogP contribution is 2.21. The standard InChI is InChI=1S/C20H19NO3S2/c1-2-15-8-11-18(12-9-15)26(23,24)21-14-17-10-13-19(25-17)20(22)16-6-4-3-5-7-16/h3-13,21H,2,14H2,1H3. The molecule has 0 radical (unpaired) electrons. The Bertz CT molecular complexity index is 991. The molecule has 0 saturated carbocycles. The highest BCUT2D eigenvalue weighted by atomic mass is 32.2. The molecule has 3 aromatic rings. The summed E-state index contributed by atoms with van der Waals surface area (Å²) in [6.07, 6.45) is 0.862. The van der Waals surface area contributed by atoms with Gasteiger partial charge in [-0.1, -0.05) is 49.4 Å². The molecular formula is C20H19NO3S2. The Balaban J connectivity index is 1.68. The van der Waals surface area contributed by atoms with E-state index in [1.54, 1.807) is 36.4 Å². The van der Waals surface area contributed by atoms with Crippen LogP contribution in [0.5, 0.6) is 0 Å². The molecule has 2 aromatic carbocycles. The van der Waals surface area contributed by atoms with E-state index < -0.39 is 10.0 Å². The van der Waals surface area contributed by atoms with Crippen molar-refractivity contribution in [1.29, 1.82) is 0 Å². The topological polar surface area (TPSA) is 63.2 Å². The second kappa shape index (κ2) is 7.95. The van der Waals surface area contributed by atoms with Crippen LogP contribution in [0, 0.1) is 0 Å². The van der Waals surface area contributed by atoms with Crippen LogP contribution in [0.3, 0.4) is 0 Å². The van der Waals surface area contributed by atoms with Gasteiger partial charge in [0.15, 0.2) is 0 Å². The van der Waals surface area contributed by atoms with Crippen LogP contribution in [0.15, 0.2) is 71.6 Å². The second-order valence-corrected chi connectivity index (χ2v) is 8.72. The zero-order valence-electron chi connectivity index (χ0n) is 14.3. The summed E-state index contributed by atoms with van der Waals surface area (Å²) in [6, 6.07) is 19.4. The van der Waals surface area contributed by atoms with E-state index >= 15 is 0 Å². The third kappa shape index (κ3) is 4.27. The smallest absolute Gasteiger partial charge is 0.240 e. The van der Waals surface area contributed by atoms with E-state index in [4.69, 9.17) is 0 Å². The fourth-order valence-corrected chi connectivity index (χ4v) is 4.49. The molecule has 0 atom stereocenters. The molecule has 0 amide bonds.